The van der Waals surface area contributed by atoms with Gasteiger partial charge in [-0.15, -0.1) is 0 Å². The molecule has 28 heavy (non-hydrogen) atoms. The Bertz CT molecular complexity index is 896. The fraction of sp³-hybridized carbons (Fsp3) is 0.381. The molecule has 0 saturated carbocycles. The second kappa shape index (κ2) is 9.71. The third-order valence-electron chi connectivity index (χ3n) is 4.47. The minimum absolute atomic E-state index is 0.0683. The molecule has 152 valence electrons. The van der Waals surface area contributed by atoms with Crippen LogP contribution in [0.15, 0.2) is 53.4 Å². The first kappa shape index (κ1) is 21.9. The summed E-state index contributed by atoms with van der Waals surface area (Å²) in [4.78, 5) is 11.7. The van der Waals surface area contributed by atoms with Crippen LogP contribution in [-0.4, -0.2) is 21.4 Å². The summed E-state index contributed by atoms with van der Waals surface area (Å²) in [5.74, 6) is 0.481. The van der Waals surface area contributed by atoms with E-state index in [1.807, 2.05) is 44.2 Å². The van der Waals surface area contributed by atoms with Gasteiger partial charge in [0.25, 0.3) is 0 Å². The van der Waals surface area contributed by atoms with Crippen molar-refractivity contribution in [2.45, 2.75) is 44.7 Å². The number of carbonyl (C=O) groups is 1. The molecule has 2 rings (SSSR count). The van der Waals surface area contributed by atoms with E-state index >= 15 is 0 Å². The van der Waals surface area contributed by atoms with E-state index in [0.717, 1.165) is 5.56 Å². The largest absolute Gasteiger partial charge is 0.496 e. The van der Waals surface area contributed by atoms with Crippen LogP contribution in [0.1, 0.15) is 44.4 Å². The predicted molar refractivity (Wildman–Crippen MR) is 109 cm³/mol. The Morgan fingerprint density at radius 3 is 2.36 bits per heavy atom. The maximum Gasteiger partial charge on any atom is 0.241 e. The highest BCUT2D eigenvalue weighted by molar-refractivity contribution is 7.89. The van der Waals surface area contributed by atoms with Crippen molar-refractivity contribution in [3.63, 3.8) is 0 Å². The lowest BCUT2D eigenvalue weighted by atomic mass is 9.97. The van der Waals surface area contributed by atoms with Gasteiger partial charge >= 0.3 is 0 Å². The van der Waals surface area contributed by atoms with Gasteiger partial charge in [-0.25, -0.2) is 13.1 Å². The fourth-order valence-corrected chi connectivity index (χ4v) is 4.29. The highest BCUT2D eigenvalue weighted by atomic mass is 32.2. The summed E-state index contributed by atoms with van der Waals surface area (Å²) in [6, 6.07) is 13.8. The first-order valence-electron chi connectivity index (χ1n) is 9.29. The summed E-state index contributed by atoms with van der Waals surface area (Å²) in [5.41, 5.74) is 1.51. The number of amides is 1. The molecule has 0 bridgehead atoms. The van der Waals surface area contributed by atoms with Crippen molar-refractivity contribution in [2.75, 3.05) is 7.11 Å². The number of sulfonamides is 1. The third kappa shape index (κ3) is 5.56. The molecular weight excluding hydrogens is 376 g/mol. The zero-order valence-corrected chi connectivity index (χ0v) is 17.5. The lowest BCUT2D eigenvalue weighted by molar-refractivity contribution is -0.120. The predicted octanol–water partition coefficient (Wildman–Crippen LogP) is 3.40. The SMILES string of the molecule is CCC(=O)NCc1cc(S(=O)(=O)NC(c2ccccc2)C(C)C)ccc1OC. The Hall–Kier alpha value is -2.38. The van der Waals surface area contributed by atoms with E-state index in [0.29, 0.717) is 17.7 Å². The van der Waals surface area contributed by atoms with E-state index in [1.165, 1.54) is 13.2 Å². The molecule has 0 aliphatic rings. The molecule has 2 N–H and O–H groups in total. The molecule has 2 aromatic rings. The molecule has 0 fully saturated rings. The molecule has 0 spiro atoms. The Morgan fingerprint density at radius 1 is 1.11 bits per heavy atom. The van der Waals surface area contributed by atoms with E-state index < -0.39 is 10.0 Å². The van der Waals surface area contributed by atoms with E-state index in [9.17, 15) is 13.2 Å². The standard InChI is InChI=1S/C21H28N2O4S/c1-5-20(24)22-14-17-13-18(11-12-19(17)27-4)28(25,26)23-21(15(2)3)16-9-7-6-8-10-16/h6-13,15,21,23H,5,14H2,1-4H3,(H,22,24). The van der Waals surface area contributed by atoms with Crippen LogP contribution in [-0.2, 0) is 21.4 Å². The van der Waals surface area contributed by atoms with Crippen LogP contribution in [0.2, 0.25) is 0 Å². The maximum atomic E-state index is 13.0. The van der Waals surface area contributed by atoms with Crippen molar-refractivity contribution < 1.29 is 17.9 Å². The van der Waals surface area contributed by atoms with Crippen molar-refractivity contribution in [3.05, 3.63) is 59.7 Å². The van der Waals surface area contributed by atoms with Crippen LogP contribution in [0.25, 0.3) is 0 Å². The number of hydrogen-bond acceptors (Lipinski definition) is 4. The van der Waals surface area contributed by atoms with Crippen molar-refractivity contribution in [1.82, 2.24) is 10.0 Å². The summed E-state index contributed by atoms with van der Waals surface area (Å²) < 4.78 is 34.2. The average molecular weight is 405 g/mol. The lowest BCUT2D eigenvalue weighted by Gasteiger charge is -2.23. The first-order valence-corrected chi connectivity index (χ1v) is 10.8. The molecule has 0 radical (unpaired) electrons. The van der Waals surface area contributed by atoms with Crippen molar-refractivity contribution in [2.24, 2.45) is 5.92 Å². The van der Waals surface area contributed by atoms with E-state index in [4.69, 9.17) is 4.74 Å². The van der Waals surface area contributed by atoms with Crippen molar-refractivity contribution in [3.8, 4) is 5.75 Å². The quantitative estimate of drug-likeness (QED) is 0.671. The average Bonchev–Trinajstić information content (AvgIpc) is 2.70. The van der Waals surface area contributed by atoms with Crippen molar-refractivity contribution >= 4 is 15.9 Å². The third-order valence-corrected chi connectivity index (χ3v) is 5.91. The number of ether oxygens (including phenoxy) is 1. The summed E-state index contributed by atoms with van der Waals surface area (Å²) >= 11 is 0. The number of carbonyl (C=O) groups excluding carboxylic acids is 1. The van der Waals surface area contributed by atoms with Gasteiger partial charge in [0.15, 0.2) is 0 Å². The van der Waals surface area contributed by atoms with Gasteiger partial charge < -0.3 is 10.1 Å². The van der Waals surface area contributed by atoms with Crippen LogP contribution in [0.4, 0.5) is 0 Å². The second-order valence-electron chi connectivity index (χ2n) is 6.86. The van der Waals surface area contributed by atoms with E-state index in [1.54, 1.807) is 19.1 Å². The topological polar surface area (TPSA) is 84.5 Å². The van der Waals surface area contributed by atoms with Crippen LogP contribution < -0.4 is 14.8 Å². The summed E-state index contributed by atoms with van der Waals surface area (Å²) in [7, 11) is -2.25. The summed E-state index contributed by atoms with van der Waals surface area (Å²) in [5, 5.41) is 2.75. The Kier molecular flexibility index (Phi) is 7.60. The van der Waals surface area contributed by atoms with E-state index in [2.05, 4.69) is 10.0 Å². The highest BCUT2D eigenvalue weighted by Gasteiger charge is 2.24. The monoisotopic (exact) mass is 404 g/mol. The Labute approximate surface area is 167 Å². The van der Waals surface area contributed by atoms with Gasteiger partial charge in [-0.1, -0.05) is 51.1 Å². The fourth-order valence-electron chi connectivity index (χ4n) is 2.86. The van der Waals surface area contributed by atoms with Crippen LogP contribution >= 0.6 is 0 Å². The van der Waals surface area contributed by atoms with Gasteiger partial charge in [-0.3, -0.25) is 4.79 Å². The number of methoxy groups -OCH3 is 1. The minimum Gasteiger partial charge on any atom is -0.496 e. The summed E-state index contributed by atoms with van der Waals surface area (Å²) in [6.07, 6.45) is 0.356. The molecule has 0 saturated heterocycles. The lowest BCUT2D eigenvalue weighted by Crippen LogP contribution is -2.32. The van der Waals surface area contributed by atoms with Gasteiger partial charge in [0.1, 0.15) is 5.75 Å². The number of benzene rings is 2. The van der Waals surface area contributed by atoms with Crippen molar-refractivity contribution in [1.29, 1.82) is 0 Å². The number of rotatable bonds is 9. The van der Waals surface area contributed by atoms with Crippen LogP contribution in [0.3, 0.4) is 0 Å². The molecule has 2 aromatic carbocycles. The molecule has 0 aromatic heterocycles. The highest BCUT2D eigenvalue weighted by Crippen LogP contribution is 2.27. The van der Waals surface area contributed by atoms with Gasteiger partial charge in [0.2, 0.25) is 15.9 Å². The molecule has 0 heterocycles. The Morgan fingerprint density at radius 2 is 1.79 bits per heavy atom. The smallest absolute Gasteiger partial charge is 0.241 e. The van der Waals surface area contributed by atoms with Gasteiger partial charge in [0, 0.05) is 24.6 Å². The van der Waals surface area contributed by atoms with Gasteiger partial charge in [-0.2, -0.15) is 0 Å². The molecule has 1 atom stereocenters. The zero-order valence-electron chi connectivity index (χ0n) is 16.7. The Balaban J connectivity index is 2.32. The maximum absolute atomic E-state index is 13.0. The van der Waals surface area contributed by atoms with Gasteiger partial charge in [0.05, 0.1) is 12.0 Å². The van der Waals surface area contributed by atoms with Crippen LogP contribution in [0, 0.1) is 5.92 Å². The number of nitrogens with one attached hydrogen (secondary N) is 2. The summed E-state index contributed by atoms with van der Waals surface area (Å²) in [6.45, 7) is 5.90. The number of hydrogen-bond donors (Lipinski definition) is 2. The normalized spacial score (nSPS) is 12.6. The molecular formula is C21H28N2O4S. The van der Waals surface area contributed by atoms with Crippen LogP contribution in [0.5, 0.6) is 5.75 Å². The molecule has 0 aliphatic carbocycles. The zero-order chi connectivity index (χ0) is 20.7. The molecule has 0 aliphatic heterocycles. The molecule has 1 amide bonds. The molecule has 6 nitrogen and oxygen atoms in total. The van der Waals surface area contributed by atoms with E-state index in [-0.39, 0.29) is 29.3 Å². The first-order chi connectivity index (χ1) is 13.3. The molecule has 7 heteroatoms. The van der Waals surface area contributed by atoms with Gasteiger partial charge in [-0.05, 0) is 29.7 Å². The molecule has 1 unspecified atom stereocenters. The minimum atomic E-state index is -3.76. The second-order valence-corrected chi connectivity index (χ2v) is 8.57.